The zero-order chi connectivity index (χ0) is 12.8. The first kappa shape index (κ1) is 14.9. The fourth-order valence-corrected chi connectivity index (χ4v) is 2.53. The Balaban J connectivity index is 2.51. The van der Waals surface area contributed by atoms with E-state index in [2.05, 4.69) is 25.7 Å². The van der Waals surface area contributed by atoms with Gasteiger partial charge in [0.25, 0.3) is 0 Å². The molecular weight excluding hydrogens is 212 g/mol. The highest BCUT2D eigenvalue weighted by molar-refractivity contribution is 4.86. The van der Waals surface area contributed by atoms with E-state index in [-0.39, 0.29) is 18.7 Å². The summed E-state index contributed by atoms with van der Waals surface area (Å²) in [5.41, 5.74) is 6.26. The summed E-state index contributed by atoms with van der Waals surface area (Å²) in [5, 5.41) is 9.62. The van der Waals surface area contributed by atoms with Gasteiger partial charge in [0.2, 0.25) is 0 Å². The van der Waals surface area contributed by atoms with Crippen LogP contribution in [0.5, 0.6) is 0 Å². The molecule has 0 aromatic heterocycles. The van der Waals surface area contributed by atoms with Crippen LogP contribution in [-0.2, 0) is 0 Å². The zero-order valence-corrected chi connectivity index (χ0v) is 11.7. The fourth-order valence-electron chi connectivity index (χ4n) is 2.53. The highest BCUT2D eigenvalue weighted by Gasteiger charge is 2.30. The van der Waals surface area contributed by atoms with Crippen LogP contribution in [0.15, 0.2) is 0 Å². The van der Waals surface area contributed by atoms with Crippen molar-refractivity contribution in [3.8, 4) is 0 Å². The predicted octanol–water partition coefficient (Wildman–Crippen LogP) is 1.84. The van der Waals surface area contributed by atoms with E-state index in [0.717, 1.165) is 31.8 Å². The van der Waals surface area contributed by atoms with Crippen LogP contribution in [0.3, 0.4) is 0 Å². The first-order valence-electron chi connectivity index (χ1n) is 7.18. The van der Waals surface area contributed by atoms with Crippen molar-refractivity contribution in [2.75, 3.05) is 19.7 Å². The maximum atomic E-state index is 9.62. The molecule has 102 valence electrons. The Hall–Kier alpha value is -0.120. The summed E-state index contributed by atoms with van der Waals surface area (Å²) >= 11 is 0. The molecule has 1 fully saturated rings. The fraction of sp³-hybridized carbons (Fsp3) is 1.00. The van der Waals surface area contributed by atoms with Crippen molar-refractivity contribution in [3.05, 3.63) is 0 Å². The number of hydrogen-bond acceptors (Lipinski definition) is 3. The van der Waals surface area contributed by atoms with Gasteiger partial charge in [0, 0.05) is 18.6 Å². The maximum Gasteiger partial charge on any atom is 0.0601 e. The monoisotopic (exact) mass is 242 g/mol. The van der Waals surface area contributed by atoms with Gasteiger partial charge in [-0.1, -0.05) is 20.8 Å². The first-order chi connectivity index (χ1) is 8.08. The molecule has 3 heteroatoms. The zero-order valence-electron chi connectivity index (χ0n) is 11.7. The summed E-state index contributed by atoms with van der Waals surface area (Å²) in [7, 11) is 0. The molecule has 1 rings (SSSR count). The lowest BCUT2D eigenvalue weighted by atomic mass is 9.97. The van der Waals surface area contributed by atoms with Gasteiger partial charge in [0.05, 0.1) is 6.61 Å². The topological polar surface area (TPSA) is 49.5 Å². The molecule has 0 heterocycles. The third kappa shape index (κ3) is 5.36. The minimum Gasteiger partial charge on any atom is -0.395 e. The molecule has 0 saturated heterocycles. The molecule has 1 aliphatic carbocycles. The third-order valence-corrected chi connectivity index (χ3v) is 3.59. The summed E-state index contributed by atoms with van der Waals surface area (Å²) in [6, 6.07) is 0.253. The molecule has 0 bridgehead atoms. The molecule has 3 N–H and O–H groups in total. The predicted molar refractivity (Wildman–Crippen MR) is 72.9 cm³/mol. The van der Waals surface area contributed by atoms with Crippen LogP contribution in [0.1, 0.15) is 46.5 Å². The van der Waals surface area contributed by atoms with Gasteiger partial charge in [-0.25, -0.2) is 0 Å². The summed E-state index contributed by atoms with van der Waals surface area (Å²) in [5.74, 6) is 1.46. The Morgan fingerprint density at radius 1 is 1.35 bits per heavy atom. The number of aliphatic hydroxyl groups excluding tert-OH is 1. The van der Waals surface area contributed by atoms with Gasteiger partial charge in [0.15, 0.2) is 0 Å². The normalized spacial score (nSPS) is 19.9. The molecule has 0 amide bonds. The van der Waals surface area contributed by atoms with Crippen LogP contribution in [0.25, 0.3) is 0 Å². The minimum absolute atomic E-state index is 0.102. The number of hydrogen-bond donors (Lipinski definition) is 2. The molecule has 3 nitrogen and oxygen atoms in total. The quantitative estimate of drug-likeness (QED) is 0.648. The average molecular weight is 242 g/mol. The van der Waals surface area contributed by atoms with Crippen molar-refractivity contribution in [3.63, 3.8) is 0 Å². The smallest absolute Gasteiger partial charge is 0.0601 e. The first-order valence-corrected chi connectivity index (χ1v) is 7.18. The van der Waals surface area contributed by atoms with Crippen molar-refractivity contribution >= 4 is 0 Å². The summed E-state index contributed by atoms with van der Waals surface area (Å²) in [6.45, 7) is 8.97. The molecule has 17 heavy (non-hydrogen) atoms. The lowest BCUT2D eigenvalue weighted by Gasteiger charge is -2.35. The maximum absolute atomic E-state index is 9.62. The Labute approximate surface area is 106 Å². The Bertz CT molecular complexity index is 204. The number of nitrogens with zero attached hydrogens (tertiary/aromatic N) is 1. The van der Waals surface area contributed by atoms with Crippen LogP contribution in [-0.4, -0.2) is 41.8 Å². The second kappa shape index (κ2) is 7.34. The number of aliphatic hydroxyl groups is 1. The van der Waals surface area contributed by atoms with Gasteiger partial charge in [-0.2, -0.15) is 0 Å². The van der Waals surface area contributed by atoms with E-state index in [0.29, 0.717) is 5.92 Å². The molecule has 2 unspecified atom stereocenters. The Kier molecular flexibility index (Phi) is 6.45. The van der Waals surface area contributed by atoms with Crippen LogP contribution >= 0.6 is 0 Å². The number of nitrogens with two attached hydrogens (primary N) is 1. The Morgan fingerprint density at radius 3 is 2.41 bits per heavy atom. The SMILES string of the molecule is CCCN(CC1CC1)C(CO)C(N)CC(C)C. The lowest BCUT2D eigenvalue weighted by molar-refractivity contribution is 0.0937. The summed E-state index contributed by atoms with van der Waals surface area (Å²) in [6.07, 6.45) is 4.85. The lowest BCUT2D eigenvalue weighted by Crippen LogP contribution is -2.51. The van der Waals surface area contributed by atoms with Gasteiger partial charge < -0.3 is 10.8 Å². The van der Waals surface area contributed by atoms with Crippen LogP contribution in [0.4, 0.5) is 0 Å². The second-order valence-corrected chi connectivity index (χ2v) is 5.98. The third-order valence-electron chi connectivity index (χ3n) is 3.59. The van der Waals surface area contributed by atoms with Gasteiger partial charge in [0.1, 0.15) is 0 Å². The average Bonchev–Trinajstić information content (AvgIpc) is 3.01. The van der Waals surface area contributed by atoms with Crippen molar-refractivity contribution < 1.29 is 5.11 Å². The van der Waals surface area contributed by atoms with Gasteiger partial charge in [-0.05, 0) is 44.1 Å². The largest absolute Gasteiger partial charge is 0.395 e. The van der Waals surface area contributed by atoms with Gasteiger partial charge >= 0.3 is 0 Å². The van der Waals surface area contributed by atoms with Crippen LogP contribution < -0.4 is 5.73 Å². The van der Waals surface area contributed by atoms with Gasteiger partial charge in [-0.15, -0.1) is 0 Å². The summed E-state index contributed by atoms with van der Waals surface area (Å²) in [4.78, 5) is 2.42. The highest BCUT2D eigenvalue weighted by Crippen LogP contribution is 2.30. The van der Waals surface area contributed by atoms with Crippen LogP contribution in [0.2, 0.25) is 0 Å². The molecule has 0 aromatic carbocycles. The molecule has 0 aromatic rings. The molecule has 1 saturated carbocycles. The van der Waals surface area contributed by atoms with E-state index in [4.69, 9.17) is 5.73 Å². The molecule has 2 atom stereocenters. The second-order valence-electron chi connectivity index (χ2n) is 5.98. The standard InChI is InChI=1S/C14H30N2O/c1-4-7-16(9-12-5-6-12)14(10-17)13(15)8-11(2)3/h11-14,17H,4-10,15H2,1-3H3. The van der Waals surface area contributed by atoms with E-state index >= 15 is 0 Å². The minimum atomic E-state index is 0.102. The molecule has 0 radical (unpaired) electrons. The molecular formula is C14H30N2O. The number of rotatable bonds is 9. The van der Waals surface area contributed by atoms with Crippen molar-refractivity contribution in [2.45, 2.75) is 58.5 Å². The van der Waals surface area contributed by atoms with Crippen molar-refractivity contribution in [1.82, 2.24) is 4.90 Å². The molecule has 0 spiro atoms. The highest BCUT2D eigenvalue weighted by atomic mass is 16.3. The van der Waals surface area contributed by atoms with E-state index in [9.17, 15) is 5.11 Å². The van der Waals surface area contributed by atoms with Gasteiger partial charge in [-0.3, -0.25) is 4.90 Å². The van der Waals surface area contributed by atoms with E-state index in [1.807, 2.05) is 0 Å². The van der Waals surface area contributed by atoms with E-state index in [1.165, 1.54) is 12.8 Å². The molecule has 0 aliphatic heterocycles. The van der Waals surface area contributed by atoms with E-state index < -0.39 is 0 Å². The Morgan fingerprint density at radius 2 is 2.00 bits per heavy atom. The molecule has 1 aliphatic rings. The van der Waals surface area contributed by atoms with Crippen LogP contribution in [0, 0.1) is 11.8 Å². The van der Waals surface area contributed by atoms with Crippen molar-refractivity contribution in [1.29, 1.82) is 0 Å². The summed E-state index contributed by atoms with van der Waals surface area (Å²) < 4.78 is 0. The van der Waals surface area contributed by atoms with Crippen molar-refractivity contribution in [2.24, 2.45) is 17.6 Å². The van der Waals surface area contributed by atoms with E-state index in [1.54, 1.807) is 0 Å².